The van der Waals surface area contributed by atoms with E-state index in [4.69, 9.17) is 12.2 Å². The van der Waals surface area contributed by atoms with E-state index in [2.05, 4.69) is 30.9 Å². The third-order valence-electron chi connectivity index (χ3n) is 2.96. The van der Waals surface area contributed by atoms with Gasteiger partial charge in [-0.15, -0.1) is 0 Å². The van der Waals surface area contributed by atoms with Gasteiger partial charge in [-0.3, -0.25) is 0 Å². The second-order valence-electron chi connectivity index (χ2n) is 4.31. The third-order valence-corrected chi connectivity index (χ3v) is 4.29. The summed E-state index contributed by atoms with van der Waals surface area (Å²) in [7, 11) is 1.92. The number of hydrogen-bond donors (Lipinski definition) is 1. The zero-order valence-corrected chi connectivity index (χ0v) is 13.1. The molecule has 1 N–H and O–H groups in total. The maximum Gasteiger partial charge on any atom is 0.176 e. The van der Waals surface area contributed by atoms with Crippen molar-refractivity contribution < 1.29 is 0 Å². The van der Waals surface area contributed by atoms with Crippen LogP contribution in [0.5, 0.6) is 0 Å². The second-order valence-corrected chi connectivity index (χ2v) is 5.49. The van der Waals surface area contributed by atoms with Crippen LogP contribution in [-0.4, -0.2) is 19.5 Å². The summed E-state index contributed by atoms with van der Waals surface area (Å²) in [4.78, 5) is 12.0. The van der Waals surface area contributed by atoms with Crippen molar-refractivity contribution in [1.82, 2.24) is 19.5 Å². The molecule has 0 radical (unpaired) electrons. The Bertz CT molecular complexity index is 808. The van der Waals surface area contributed by atoms with E-state index in [0.717, 1.165) is 21.6 Å². The van der Waals surface area contributed by atoms with Crippen molar-refractivity contribution in [2.45, 2.75) is 0 Å². The average Bonchev–Trinajstić information content (AvgIpc) is 2.89. The van der Waals surface area contributed by atoms with Crippen LogP contribution >= 0.6 is 28.1 Å². The van der Waals surface area contributed by atoms with Gasteiger partial charge in [0, 0.05) is 19.4 Å². The zero-order valence-electron chi connectivity index (χ0n) is 10.7. The van der Waals surface area contributed by atoms with Crippen LogP contribution in [0.4, 0.5) is 0 Å². The second kappa shape index (κ2) is 5.30. The number of imidazole rings is 1. The largest absolute Gasteiger partial charge is 0.336 e. The fourth-order valence-corrected chi connectivity index (χ4v) is 2.57. The van der Waals surface area contributed by atoms with Gasteiger partial charge in [0.05, 0.1) is 10.2 Å². The maximum absolute atomic E-state index is 5.33. The number of H-pyrrole nitrogens is 1. The number of nitrogens with zero attached hydrogens (tertiary/aromatic N) is 3. The minimum absolute atomic E-state index is 0.514. The van der Waals surface area contributed by atoms with Crippen molar-refractivity contribution in [1.29, 1.82) is 0 Å². The molecule has 0 aliphatic heterocycles. The van der Waals surface area contributed by atoms with Crippen LogP contribution in [-0.2, 0) is 7.05 Å². The fourth-order valence-electron chi connectivity index (χ4n) is 1.96. The molecular weight excluding hydrogens is 336 g/mol. The first-order valence-electron chi connectivity index (χ1n) is 6.00. The summed E-state index contributed by atoms with van der Waals surface area (Å²) >= 11 is 8.84. The number of aromatic amines is 1. The Hall–Kier alpha value is -1.79. The number of benzene rings is 1. The predicted molar refractivity (Wildman–Crippen MR) is 84.8 cm³/mol. The molecule has 20 heavy (non-hydrogen) atoms. The first kappa shape index (κ1) is 13.2. The van der Waals surface area contributed by atoms with E-state index < -0.39 is 0 Å². The smallest absolute Gasteiger partial charge is 0.176 e. The fraction of sp³-hybridized carbons (Fsp3) is 0.0714. The van der Waals surface area contributed by atoms with Gasteiger partial charge in [0.25, 0.3) is 0 Å². The number of hydrogen-bond acceptors (Lipinski definition) is 3. The normalized spacial score (nSPS) is 10.7. The minimum atomic E-state index is 0.514. The van der Waals surface area contributed by atoms with Crippen molar-refractivity contribution in [2.75, 3.05) is 0 Å². The van der Waals surface area contributed by atoms with Gasteiger partial charge in [0.1, 0.15) is 4.64 Å². The maximum atomic E-state index is 5.33. The molecule has 0 atom stereocenters. The molecule has 0 spiro atoms. The van der Waals surface area contributed by atoms with Gasteiger partial charge < -0.3 is 9.55 Å². The SMILES string of the molecule is Cn1ccnc1-c1nc(=S)c(Br)c(-c2ccccc2)[nH]1. The molecule has 0 aliphatic rings. The van der Waals surface area contributed by atoms with E-state index in [1.165, 1.54) is 0 Å². The highest BCUT2D eigenvalue weighted by molar-refractivity contribution is 9.10. The molecule has 2 aromatic heterocycles. The summed E-state index contributed by atoms with van der Waals surface area (Å²) in [5.74, 6) is 1.41. The van der Waals surface area contributed by atoms with Gasteiger partial charge >= 0.3 is 0 Å². The van der Waals surface area contributed by atoms with Crippen molar-refractivity contribution in [3.8, 4) is 22.9 Å². The van der Waals surface area contributed by atoms with Crippen LogP contribution in [0.3, 0.4) is 0 Å². The first-order valence-corrected chi connectivity index (χ1v) is 7.20. The highest BCUT2D eigenvalue weighted by Gasteiger charge is 2.12. The van der Waals surface area contributed by atoms with E-state index in [9.17, 15) is 0 Å². The molecule has 0 amide bonds. The molecule has 3 rings (SSSR count). The molecule has 1 aromatic carbocycles. The Morgan fingerprint density at radius 1 is 1.25 bits per heavy atom. The molecule has 100 valence electrons. The first-order chi connectivity index (χ1) is 9.66. The molecule has 0 aliphatic carbocycles. The lowest BCUT2D eigenvalue weighted by Gasteiger charge is -2.08. The topological polar surface area (TPSA) is 46.5 Å². The standard InChI is InChI=1S/C14H11BrN4S/c1-19-8-7-16-13(19)12-17-11(10(15)14(20)18-12)9-5-3-2-4-6-9/h2-8H,1H3,(H,17,18,20). The lowest BCUT2D eigenvalue weighted by molar-refractivity contribution is 0.905. The lowest BCUT2D eigenvalue weighted by Crippen LogP contribution is -2.00. The summed E-state index contributed by atoms with van der Waals surface area (Å²) in [6.07, 6.45) is 3.61. The molecule has 0 saturated heterocycles. The predicted octanol–water partition coefficient (Wildman–Crippen LogP) is 3.97. The molecule has 3 aromatic rings. The molecular formula is C14H11BrN4S. The van der Waals surface area contributed by atoms with Crippen molar-refractivity contribution in [2.24, 2.45) is 7.05 Å². The summed E-state index contributed by atoms with van der Waals surface area (Å²) in [5.41, 5.74) is 1.95. The summed E-state index contributed by atoms with van der Waals surface area (Å²) in [5, 5.41) is 0. The van der Waals surface area contributed by atoms with Crippen LogP contribution in [0, 0.1) is 4.64 Å². The Balaban J connectivity index is 2.24. The van der Waals surface area contributed by atoms with Gasteiger partial charge in [0.15, 0.2) is 11.6 Å². The monoisotopic (exact) mass is 346 g/mol. The Labute approximate surface area is 129 Å². The van der Waals surface area contributed by atoms with Crippen LogP contribution in [0.25, 0.3) is 22.9 Å². The molecule has 0 unspecified atom stereocenters. The van der Waals surface area contributed by atoms with Crippen LogP contribution < -0.4 is 0 Å². The van der Waals surface area contributed by atoms with Crippen LogP contribution in [0.1, 0.15) is 0 Å². The quantitative estimate of drug-likeness (QED) is 0.714. The van der Waals surface area contributed by atoms with E-state index in [1.807, 2.05) is 48.1 Å². The molecule has 0 bridgehead atoms. The molecule has 0 fully saturated rings. The van der Waals surface area contributed by atoms with Gasteiger partial charge in [-0.2, -0.15) is 0 Å². The Morgan fingerprint density at radius 2 is 2.00 bits per heavy atom. The highest BCUT2D eigenvalue weighted by atomic mass is 79.9. The third kappa shape index (κ3) is 2.32. The Morgan fingerprint density at radius 3 is 2.65 bits per heavy atom. The van der Waals surface area contributed by atoms with Crippen LogP contribution in [0.15, 0.2) is 47.2 Å². The van der Waals surface area contributed by atoms with Gasteiger partial charge in [-0.05, 0) is 21.5 Å². The molecule has 6 heteroatoms. The zero-order chi connectivity index (χ0) is 14.1. The average molecular weight is 347 g/mol. The molecule has 2 heterocycles. The van der Waals surface area contributed by atoms with Crippen molar-refractivity contribution in [3.63, 3.8) is 0 Å². The minimum Gasteiger partial charge on any atom is -0.336 e. The molecule has 0 saturated carbocycles. The number of rotatable bonds is 2. The summed E-state index contributed by atoms with van der Waals surface area (Å²) < 4.78 is 3.20. The summed E-state index contributed by atoms with van der Waals surface area (Å²) in [6, 6.07) is 9.99. The molecule has 4 nitrogen and oxygen atoms in total. The van der Waals surface area contributed by atoms with Gasteiger partial charge in [-0.25, -0.2) is 9.97 Å². The van der Waals surface area contributed by atoms with E-state index >= 15 is 0 Å². The van der Waals surface area contributed by atoms with Gasteiger partial charge in [-0.1, -0.05) is 42.5 Å². The lowest BCUT2D eigenvalue weighted by atomic mass is 10.1. The van der Waals surface area contributed by atoms with E-state index in [1.54, 1.807) is 6.20 Å². The van der Waals surface area contributed by atoms with Crippen LogP contribution in [0.2, 0.25) is 0 Å². The Kier molecular flexibility index (Phi) is 3.50. The van der Waals surface area contributed by atoms with E-state index in [0.29, 0.717) is 10.5 Å². The highest BCUT2D eigenvalue weighted by Crippen LogP contribution is 2.28. The van der Waals surface area contributed by atoms with E-state index in [-0.39, 0.29) is 0 Å². The number of aromatic nitrogens is 4. The van der Waals surface area contributed by atoms with Crippen molar-refractivity contribution in [3.05, 3.63) is 51.8 Å². The summed E-state index contributed by atoms with van der Waals surface area (Å²) in [6.45, 7) is 0. The number of nitrogens with one attached hydrogen (secondary N) is 1. The number of halogens is 1. The van der Waals surface area contributed by atoms with Crippen molar-refractivity contribution >= 4 is 28.1 Å². The number of aryl methyl sites for hydroxylation is 1. The van der Waals surface area contributed by atoms with Gasteiger partial charge in [0.2, 0.25) is 0 Å².